The van der Waals surface area contributed by atoms with Crippen molar-refractivity contribution in [3.05, 3.63) is 54.3 Å². The number of halogens is 1. The third-order valence-corrected chi connectivity index (χ3v) is 4.66. The minimum atomic E-state index is -4.08. The van der Waals surface area contributed by atoms with Crippen LogP contribution < -0.4 is 14.8 Å². The highest BCUT2D eigenvalue weighted by atomic mass is 32.2. The number of para-hydroxylation sites is 2. The summed E-state index contributed by atoms with van der Waals surface area (Å²) in [5.74, 6) is -1.89. The Morgan fingerprint density at radius 1 is 1.11 bits per heavy atom. The standard InChI is InChI=1S/C17H17FN2O6S/c1-25-15-8-3-2-7-14(15)20-16(21)11-26-17(22)10-19-27(23,24)13-6-4-5-12(18)9-13/h2-9,19H,10-11H2,1H3,(H,20,21). The SMILES string of the molecule is COc1ccccc1NC(=O)COC(=O)CNS(=O)(=O)c1cccc(F)c1. The van der Waals surface area contributed by atoms with Gasteiger partial charge in [0.05, 0.1) is 17.7 Å². The molecule has 2 aromatic rings. The quantitative estimate of drug-likeness (QED) is 0.651. The Balaban J connectivity index is 1.83. The average molecular weight is 396 g/mol. The Bertz CT molecular complexity index is 933. The monoisotopic (exact) mass is 396 g/mol. The number of amides is 1. The summed E-state index contributed by atoms with van der Waals surface area (Å²) in [4.78, 5) is 23.1. The van der Waals surface area contributed by atoms with Gasteiger partial charge in [0, 0.05) is 0 Å². The molecule has 144 valence electrons. The van der Waals surface area contributed by atoms with Gasteiger partial charge in [0.2, 0.25) is 10.0 Å². The zero-order chi connectivity index (χ0) is 19.9. The number of nitrogens with one attached hydrogen (secondary N) is 2. The molecule has 2 N–H and O–H groups in total. The van der Waals surface area contributed by atoms with Gasteiger partial charge >= 0.3 is 5.97 Å². The maximum absolute atomic E-state index is 13.1. The summed E-state index contributed by atoms with van der Waals surface area (Å²) in [5.41, 5.74) is 0.396. The van der Waals surface area contributed by atoms with Gasteiger partial charge in [0.1, 0.15) is 18.1 Å². The van der Waals surface area contributed by atoms with E-state index in [4.69, 9.17) is 9.47 Å². The third-order valence-electron chi connectivity index (χ3n) is 3.26. The fraction of sp³-hybridized carbons (Fsp3) is 0.176. The van der Waals surface area contributed by atoms with Gasteiger partial charge in [-0.3, -0.25) is 9.59 Å². The molecule has 0 aliphatic heterocycles. The number of esters is 1. The van der Waals surface area contributed by atoms with Crippen LogP contribution in [0.25, 0.3) is 0 Å². The molecular formula is C17H17FN2O6S. The fourth-order valence-electron chi connectivity index (χ4n) is 2.00. The highest BCUT2D eigenvalue weighted by Gasteiger charge is 2.17. The molecule has 0 saturated heterocycles. The summed E-state index contributed by atoms with van der Waals surface area (Å²) in [7, 11) is -2.64. The van der Waals surface area contributed by atoms with Crippen LogP contribution >= 0.6 is 0 Å². The van der Waals surface area contributed by atoms with E-state index in [2.05, 4.69) is 5.32 Å². The van der Waals surface area contributed by atoms with Gasteiger partial charge in [-0.25, -0.2) is 12.8 Å². The van der Waals surface area contributed by atoms with E-state index >= 15 is 0 Å². The lowest BCUT2D eigenvalue weighted by Gasteiger charge is -2.10. The van der Waals surface area contributed by atoms with Crippen LogP contribution in [0.15, 0.2) is 53.4 Å². The topological polar surface area (TPSA) is 111 Å². The Kier molecular flexibility index (Phi) is 6.85. The Morgan fingerprint density at radius 3 is 2.56 bits per heavy atom. The molecule has 10 heteroatoms. The largest absolute Gasteiger partial charge is 0.495 e. The van der Waals surface area contributed by atoms with Crippen molar-refractivity contribution in [1.82, 2.24) is 4.72 Å². The second-order valence-corrected chi connectivity index (χ2v) is 6.96. The Morgan fingerprint density at radius 2 is 1.85 bits per heavy atom. The third kappa shape index (κ3) is 6.04. The Labute approximate surface area is 155 Å². The number of benzene rings is 2. The minimum absolute atomic E-state index is 0.329. The molecule has 0 aliphatic carbocycles. The average Bonchev–Trinajstić information content (AvgIpc) is 2.65. The minimum Gasteiger partial charge on any atom is -0.495 e. The number of carbonyl (C=O) groups excluding carboxylic acids is 2. The molecule has 0 saturated carbocycles. The summed E-state index contributed by atoms with van der Waals surface area (Å²) in [6, 6.07) is 11.0. The predicted molar refractivity (Wildman–Crippen MR) is 94.2 cm³/mol. The molecule has 8 nitrogen and oxygen atoms in total. The van der Waals surface area contributed by atoms with Crippen molar-refractivity contribution >= 4 is 27.6 Å². The molecule has 2 aromatic carbocycles. The van der Waals surface area contributed by atoms with Crippen LogP contribution in [-0.4, -0.2) is 40.6 Å². The van der Waals surface area contributed by atoms with E-state index in [0.717, 1.165) is 12.1 Å². The lowest BCUT2D eigenvalue weighted by atomic mass is 10.3. The van der Waals surface area contributed by atoms with Crippen molar-refractivity contribution in [2.24, 2.45) is 0 Å². The number of hydrogen-bond donors (Lipinski definition) is 2. The highest BCUT2D eigenvalue weighted by molar-refractivity contribution is 7.89. The van der Waals surface area contributed by atoms with Crippen LogP contribution in [0, 0.1) is 5.82 Å². The second-order valence-electron chi connectivity index (χ2n) is 5.19. The van der Waals surface area contributed by atoms with Crippen molar-refractivity contribution in [3.63, 3.8) is 0 Å². The molecular weight excluding hydrogens is 379 g/mol. The second kappa shape index (κ2) is 9.10. The molecule has 0 aromatic heterocycles. The van der Waals surface area contributed by atoms with E-state index < -0.39 is 40.9 Å². The number of sulfonamides is 1. The van der Waals surface area contributed by atoms with Crippen LogP contribution in [0.1, 0.15) is 0 Å². The van der Waals surface area contributed by atoms with Gasteiger partial charge in [0.25, 0.3) is 5.91 Å². The highest BCUT2D eigenvalue weighted by Crippen LogP contribution is 2.22. The summed E-state index contributed by atoms with van der Waals surface area (Å²) < 4.78 is 48.8. The first-order valence-corrected chi connectivity index (χ1v) is 9.14. The summed E-state index contributed by atoms with van der Waals surface area (Å²) in [5, 5.41) is 2.50. The zero-order valence-electron chi connectivity index (χ0n) is 14.3. The zero-order valence-corrected chi connectivity index (χ0v) is 15.1. The number of rotatable bonds is 8. The molecule has 1 amide bonds. The first-order chi connectivity index (χ1) is 12.8. The summed E-state index contributed by atoms with van der Waals surface area (Å²) in [6.07, 6.45) is 0. The molecule has 0 unspecified atom stereocenters. The van der Waals surface area contributed by atoms with E-state index in [-0.39, 0.29) is 4.90 Å². The number of carbonyl (C=O) groups is 2. The van der Waals surface area contributed by atoms with Crippen molar-refractivity contribution in [3.8, 4) is 5.75 Å². The molecule has 0 aliphatic rings. The molecule has 0 atom stereocenters. The van der Waals surface area contributed by atoms with Crippen molar-refractivity contribution < 1.29 is 31.9 Å². The van der Waals surface area contributed by atoms with Gasteiger partial charge in [-0.15, -0.1) is 0 Å². The molecule has 0 spiro atoms. The normalized spacial score (nSPS) is 10.9. The maximum atomic E-state index is 13.1. The lowest BCUT2D eigenvalue weighted by Crippen LogP contribution is -2.32. The number of methoxy groups -OCH3 is 1. The van der Waals surface area contributed by atoms with Crippen LogP contribution in [0.4, 0.5) is 10.1 Å². The van der Waals surface area contributed by atoms with Crippen molar-refractivity contribution in [2.75, 3.05) is 25.6 Å². The smallest absolute Gasteiger partial charge is 0.321 e. The predicted octanol–water partition coefficient (Wildman–Crippen LogP) is 1.29. The van der Waals surface area contributed by atoms with E-state index in [0.29, 0.717) is 11.4 Å². The van der Waals surface area contributed by atoms with E-state index in [1.807, 2.05) is 4.72 Å². The Hall–Kier alpha value is -2.98. The first-order valence-electron chi connectivity index (χ1n) is 7.65. The molecule has 0 fully saturated rings. The van der Waals surface area contributed by atoms with E-state index in [1.54, 1.807) is 24.3 Å². The molecule has 0 radical (unpaired) electrons. The fourth-order valence-corrected chi connectivity index (χ4v) is 3.00. The van der Waals surface area contributed by atoms with Crippen LogP contribution in [0.3, 0.4) is 0 Å². The van der Waals surface area contributed by atoms with Gasteiger partial charge in [-0.2, -0.15) is 4.72 Å². The number of ether oxygens (including phenoxy) is 2. The van der Waals surface area contributed by atoms with Gasteiger partial charge < -0.3 is 14.8 Å². The van der Waals surface area contributed by atoms with E-state index in [1.165, 1.54) is 19.2 Å². The molecule has 0 heterocycles. The summed E-state index contributed by atoms with van der Waals surface area (Å²) >= 11 is 0. The molecule has 27 heavy (non-hydrogen) atoms. The maximum Gasteiger partial charge on any atom is 0.321 e. The first kappa shape index (κ1) is 20.3. The van der Waals surface area contributed by atoms with Crippen molar-refractivity contribution in [1.29, 1.82) is 0 Å². The van der Waals surface area contributed by atoms with E-state index in [9.17, 15) is 22.4 Å². The summed E-state index contributed by atoms with van der Waals surface area (Å²) in [6.45, 7) is -1.32. The number of anilines is 1. The van der Waals surface area contributed by atoms with Gasteiger partial charge in [-0.1, -0.05) is 18.2 Å². The van der Waals surface area contributed by atoms with Gasteiger partial charge in [0.15, 0.2) is 6.61 Å². The van der Waals surface area contributed by atoms with Gasteiger partial charge in [-0.05, 0) is 30.3 Å². The number of hydrogen-bond acceptors (Lipinski definition) is 6. The van der Waals surface area contributed by atoms with Crippen molar-refractivity contribution in [2.45, 2.75) is 4.90 Å². The van der Waals surface area contributed by atoms with Crippen LogP contribution in [-0.2, 0) is 24.3 Å². The van der Waals surface area contributed by atoms with Crippen LogP contribution in [0.2, 0.25) is 0 Å². The van der Waals surface area contributed by atoms with Crippen LogP contribution in [0.5, 0.6) is 5.75 Å². The lowest BCUT2D eigenvalue weighted by molar-refractivity contribution is -0.146. The molecule has 0 bridgehead atoms. The molecule has 2 rings (SSSR count).